The summed E-state index contributed by atoms with van der Waals surface area (Å²) in [5, 5.41) is 14.7. The Balaban J connectivity index is 2.27. The quantitative estimate of drug-likeness (QED) is 0.559. The fourth-order valence-electron chi connectivity index (χ4n) is 2.68. The number of hydrogen-bond acceptors (Lipinski definition) is 3. The summed E-state index contributed by atoms with van der Waals surface area (Å²) >= 11 is 14.0. The average molecular weight is 409 g/mol. The van der Waals surface area contributed by atoms with Crippen LogP contribution >= 0.6 is 34.5 Å². The highest BCUT2D eigenvalue weighted by molar-refractivity contribution is 7.15. The van der Waals surface area contributed by atoms with Crippen LogP contribution < -0.4 is 0 Å². The summed E-state index contributed by atoms with van der Waals surface area (Å²) in [6.45, 7) is 8.20. The maximum atomic E-state index is 11.6. The molecule has 0 unspecified atom stereocenters. The van der Waals surface area contributed by atoms with Crippen LogP contribution in [0.2, 0.25) is 10.0 Å². The van der Waals surface area contributed by atoms with Crippen molar-refractivity contribution >= 4 is 40.5 Å². The topological polar surface area (TPSA) is 55.1 Å². The highest BCUT2D eigenvalue weighted by Crippen LogP contribution is 2.39. The number of carbonyl (C=O) groups is 1. The number of halogens is 2. The fourth-order valence-corrected chi connectivity index (χ4v) is 4.32. The van der Waals surface area contributed by atoms with E-state index in [4.69, 9.17) is 23.2 Å². The van der Waals surface area contributed by atoms with E-state index in [0.717, 1.165) is 10.6 Å². The van der Waals surface area contributed by atoms with E-state index in [1.54, 1.807) is 41.1 Å². The van der Waals surface area contributed by atoms with Crippen molar-refractivity contribution in [3.05, 3.63) is 56.5 Å². The number of aromatic nitrogens is 2. The van der Waals surface area contributed by atoms with E-state index in [2.05, 4.69) is 31.9 Å². The van der Waals surface area contributed by atoms with Crippen LogP contribution in [-0.4, -0.2) is 20.9 Å². The Hall–Kier alpha value is -1.82. The summed E-state index contributed by atoms with van der Waals surface area (Å²) < 4.78 is 1.59. The van der Waals surface area contributed by atoms with E-state index in [-0.39, 0.29) is 11.1 Å². The highest BCUT2D eigenvalue weighted by Gasteiger charge is 2.25. The Kier molecular flexibility index (Phi) is 4.90. The van der Waals surface area contributed by atoms with Crippen LogP contribution in [0.1, 0.15) is 41.7 Å². The number of hydrogen-bond donors (Lipinski definition) is 1. The largest absolute Gasteiger partial charge is 0.476 e. The maximum absolute atomic E-state index is 11.6. The molecule has 0 aliphatic rings. The lowest BCUT2D eigenvalue weighted by atomic mass is 9.95. The van der Waals surface area contributed by atoms with Gasteiger partial charge in [0.05, 0.1) is 21.3 Å². The molecule has 0 aliphatic carbocycles. The van der Waals surface area contributed by atoms with Gasteiger partial charge in [-0.2, -0.15) is 5.10 Å². The number of benzene rings is 1. The number of carboxylic acid groups (broad SMARTS) is 1. The Morgan fingerprint density at radius 3 is 2.42 bits per heavy atom. The molecule has 26 heavy (non-hydrogen) atoms. The lowest BCUT2D eigenvalue weighted by molar-refractivity contribution is 0.0689. The molecule has 0 saturated heterocycles. The number of aromatic carboxylic acids is 1. The summed E-state index contributed by atoms with van der Waals surface area (Å²) in [7, 11) is 0. The van der Waals surface area contributed by atoms with Crippen LogP contribution in [0, 0.1) is 6.92 Å². The van der Waals surface area contributed by atoms with Gasteiger partial charge in [0, 0.05) is 15.5 Å². The fraction of sp³-hybridized carbons (Fsp3) is 0.263. The zero-order chi connectivity index (χ0) is 19.2. The molecule has 0 spiro atoms. The number of nitrogens with zero attached hydrogens (tertiary/aromatic N) is 2. The third-order valence-corrected chi connectivity index (χ3v) is 6.10. The van der Waals surface area contributed by atoms with E-state index in [9.17, 15) is 9.90 Å². The van der Waals surface area contributed by atoms with Gasteiger partial charge in [0.1, 0.15) is 0 Å². The molecule has 0 fully saturated rings. The minimum Gasteiger partial charge on any atom is -0.476 e. The monoisotopic (exact) mass is 408 g/mol. The van der Waals surface area contributed by atoms with Gasteiger partial charge >= 0.3 is 5.97 Å². The average Bonchev–Trinajstić information content (AvgIpc) is 3.11. The van der Waals surface area contributed by atoms with Crippen molar-refractivity contribution in [2.45, 2.75) is 33.1 Å². The van der Waals surface area contributed by atoms with Crippen molar-refractivity contribution in [1.29, 1.82) is 0 Å². The zero-order valence-corrected chi connectivity index (χ0v) is 17.1. The molecule has 0 radical (unpaired) electrons. The summed E-state index contributed by atoms with van der Waals surface area (Å²) in [6, 6.07) is 9.14. The van der Waals surface area contributed by atoms with Gasteiger partial charge in [-0.1, -0.05) is 44.0 Å². The van der Waals surface area contributed by atoms with E-state index in [1.165, 1.54) is 4.88 Å². The standard InChI is InChI=1S/C19H18Cl2N2O2S/c1-10-16(18(24)25)22-23(13-6-5-11(20)9-12(13)21)17(10)14-7-8-15(26-14)19(2,3)4/h5-9H,1-4H3,(H,24,25). The molecule has 0 atom stereocenters. The zero-order valence-electron chi connectivity index (χ0n) is 14.8. The Morgan fingerprint density at radius 2 is 1.88 bits per heavy atom. The lowest BCUT2D eigenvalue weighted by Crippen LogP contribution is -2.07. The molecule has 2 heterocycles. The van der Waals surface area contributed by atoms with E-state index >= 15 is 0 Å². The SMILES string of the molecule is Cc1c(C(=O)O)nn(-c2ccc(Cl)cc2Cl)c1-c1ccc(C(C)(C)C)s1. The van der Waals surface area contributed by atoms with Gasteiger partial charge in [-0.25, -0.2) is 9.48 Å². The van der Waals surface area contributed by atoms with Gasteiger partial charge in [0.15, 0.2) is 5.69 Å². The number of carboxylic acids is 1. The van der Waals surface area contributed by atoms with Gasteiger partial charge in [-0.15, -0.1) is 11.3 Å². The van der Waals surface area contributed by atoms with Crippen molar-refractivity contribution in [2.75, 3.05) is 0 Å². The number of rotatable bonds is 3. The first-order valence-electron chi connectivity index (χ1n) is 7.98. The summed E-state index contributed by atoms with van der Waals surface area (Å²) in [5.41, 5.74) is 1.94. The van der Waals surface area contributed by atoms with Gasteiger partial charge in [0.2, 0.25) is 0 Å². The molecular formula is C19H18Cl2N2O2S. The molecule has 4 nitrogen and oxygen atoms in total. The first-order chi connectivity index (χ1) is 12.1. The summed E-state index contributed by atoms with van der Waals surface area (Å²) in [5.74, 6) is -1.07. The molecular weight excluding hydrogens is 391 g/mol. The Bertz CT molecular complexity index is 1000. The van der Waals surface area contributed by atoms with Crippen LogP contribution in [-0.2, 0) is 5.41 Å². The molecule has 2 aromatic heterocycles. The third kappa shape index (κ3) is 3.39. The molecule has 0 saturated carbocycles. The van der Waals surface area contributed by atoms with Crippen LogP contribution in [0.25, 0.3) is 16.3 Å². The van der Waals surface area contributed by atoms with Crippen molar-refractivity contribution in [3.63, 3.8) is 0 Å². The van der Waals surface area contributed by atoms with Crippen molar-refractivity contribution in [1.82, 2.24) is 9.78 Å². The Morgan fingerprint density at radius 1 is 1.19 bits per heavy atom. The van der Waals surface area contributed by atoms with Gasteiger partial charge < -0.3 is 5.11 Å². The first kappa shape index (κ1) is 19.0. The second-order valence-electron chi connectivity index (χ2n) is 7.05. The van der Waals surface area contributed by atoms with E-state index in [0.29, 0.717) is 21.3 Å². The smallest absolute Gasteiger partial charge is 0.356 e. The minimum absolute atomic E-state index is 0.00914. The molecule has 1 aromatic carbocycles. The molecule has 0 bridgehead atoms. The molecule has 7 heteroatoms. The van der Waals surface area contributed by atoms with Crippen LogP contribution in [0.3, 0.4) is 0 Å². The van der Waals surface area contributed by atoms with E-state index in [1.807, 2.05) is 6.07 Å². The second kappa shape index (κ2) is 6.72. The van der Waals surface area contributed by atoms with Crippen molar-refractivity contribution in [2.24, 2.45) is 0 Å². The van der Waals surface area contributed by atoms with Crippen molar-refractivity contribution < 1.29 is 9.90 Å². The summed E-state index contributed by atoms with van der Waals surface area (Å²) in [6.07, 6.45) is 0. The highest BCUT2D eigenvalue weighted by atomic mass is 35.5. The minimum atomic E-state index is -1.07. The van der Waals surface area contributed by atoms with Crippen LogP contribution in [0.4, 0.5) is 0 Å². The van der Waals surface area contributed by atoms with E-state index < -0.39 is 5.97 Å². The Labute approximate surface area is 166 Å². The number of thiophene rings is 1. The maximum Gasteiger partial charge on any atom is 0.356 e. The molecule has 136 valence electrons. The van der Waals surface area contributed by atoms with Gasteiger partial charge in [-0.3, -0.25) is 0 Å². The summed E-state index contributed by atoms with van der Waals surface area (Å²) in [4.78, 5) is 13.8. The predicted molar refractivity (Wildman–Crippen MR) is 107 cm³/mol. The van der Waals surface area contributed by atoms with Gasteiger partial charge in [-0.05, 0) is 42.7 Å². The van der Waals surface area contributed by atoms with Crippen molar-refractivity contribution in [3.8, 4) is 16.3 Å². The molecule has 3 rings (SSSR count). The first-order valence-corrected chi connectivity index (χ1v) is 9.56. The molecule has 0 amide bonds. The van der Waals surface area contributed by atoms with Crippen LogP contribution in [0.15, 0.2) is 30.3 Å². The molecule has 3 aromatic rings. The lowest BCUT2D eigenvalue weighted by Gasteiger charge is -2.15. The van der Waals surface area contributed by atoms with Crippen LogP contribution in [0.5, 0.6) is 0 Å². The second-order valence-corrected chi connectivity index (χ2v) is 8.98. The molecule has 1 N–H and O–H groups in total. The third-order valence-electron chi connectivity index (χ3n) is 4.04. The normalized spacial score (nSPS) is 11.8. The van der Waals surface area contributed by atoms with Gasteiger partial charge in [0.25, 0.3) is 0 Å². The molecule has 0 aliphatic heterocycles. The predicted octanol–water partition coefficient (Wildman–Crippen LogP) is 6.21.